The molecule has 2 rings (SSSR count). The highest BCUT2D eigenvalue weighted by Crippen LogP contribution is 2.23. The van der Waals surface area contributed by atoms with Gasteiger partial charge in [0.25, 0.3) is 0 Å². The molecule has 0 fully saturated rings. The Morgan fingerprint density at radius 1 is 1.00 bits per heavy atom. The first-order valence-corrected chi connectivity index (χ1v) is 6.71. The quantitative estimate of drug-likeness (QED) is 0.864. The first-order chi connectivity index (χ1) is 9.47. The SMILES string of the molecule is COc1cc(N)cc(CN(C)c2cc(C)cc(C)c2)c1. The molecule has 0 heterocycles. The van der Waals surface area contributed by atoms with Gasteiger partial charge < -0.3 is 15.4 Å². The lowest BCUT2D eigenvalue weighted by Gasteiger charge is -2.21. The van der Waals surface area contributed by atoms with E-state index in [1.165, 1.54) is 16.8 Å². The maximum atomic E-state index is 5.90. The molecule has 0 saturated carbocycles. The van der Waals surface area contributed by atoms with Crippen LogP contribution in [0.4, 0.5) is 11.4 Å². The monoisotopic (exact) mass is 270 g/mol. The van der Waals surface area contributed by atoms with Gasteiger partial charge in [-0.25, -0.2) is 0 Å². The standard InChI is InChI=1S/C17H22N2O/c1-12-5-13(2)7-16(6-12)19(3)11-14-8-15(18)10-17(9-14)20-4/h5-10H,11,18H2,1-4H3. The molecule has 3 heteroatoms. The second-order valence-corrected chi connectivity index (χ2v) is 5.32. The number of rotatable bonds is 4. The number of anilines is 2. The van der Waals surface area contributed by atoms with E-state index in [-0.39, 0.29) is 0 Å². The van der Waals surface area contributed by atoms with Crippen molar-refractivity contribution >= 4 is 11.4 Å². The molecule has 0 saturated heterocycles. The minimum absolute atomic E-state index is 0.730. The van der Waals surface area contributed by atoms with E-state index in [4.69, 9.17) is 10.5 Å². The zero-order valence-corrected chi connectivity index (χ0v) is 12.6. The van der Waals surface area contributed by atoms with Crippen LogP contribution in [0.3, 0.4) is 0 Å². The van der Waals surface area contributed by atoms with E-state index in [1.807, 2.05) is 18.2 Å². The maximum absolute atomic E-state index is 5.90. The van der Waals surface area contributed by atoms with Gasteiger partial charge in [0, 0.05) is 31.0 Å². The molecule has 0 aliphatic rings. The third-order valence-corrected chi connectivity index (χ3v) is 3.29. The Balaban J connectivity index is 2.22. The van der Waals surface area contributed by atoms with Crippen LogP contribution in [0.25, 0.3) is 0 Å². The molecule has 0 spiro atoms. The summed E-state index contributed by atoms with van der Waals surface area (Å²) >= 11 is 0. The molecule has 0 amide bonds. The number of hydrogen-bond acceptors (Lipinski definition) is 3. The van der Waals surface area contributed by atoms with E-state index in [0.29, 0.717) is 0 Å². The van der Waals surface area contributed by atoms with Gasteiger partial charge in [0.2, 0.25) is 0 Å². The fourth-order valence-electron chi connectivity index (χ4n) is 2.43. The summed E-state index contributed by atoms with van der Waals surface area (Å²) in [6.07, 6.45) is 0. The summed E-state index contributed by atoms with van der Waals surface area (Å²) < 4.78 is 5.26. The smallest absolute Gasteiger partial charge is 0.121 e. The van der Waals surface area contributed by atoms with E-state index in [9.17, 15) is 0 Å². The highest BCUT2D eigenvalue weighted by molar-refractivity contribution is 5.53. The van der Waals surface area contributed by atoms with E-state index in [2.05, 4.69) is 44.0 Å². The predicted molar refractivity (Wildman–Crippen MR) is 85.4 cm³/mol. The van der Waals surface area contributed by atoms with Gasteiger partial charge in [0.15, 0.2) is 0 Å². The first kappa shape index (κ1) is 14.3. The molecule has 2 N–H and O–H groups in total. The van der Waals surface area contributed by atoms with Crippen molar-refractivity contribution < 1.29 is 4.74 Å². The summed E-state index contributed by atoms with van der Waals surface area (Å²) in [6, 6.07) is 12.4. The van der Waals surface area contributed by atoms with E-state index in [1.54, 1.807) is 7.11 Å². The van der Waals surface area contributed by atoms with Gasteiger partial charge in [-0.1, -0.05) is 6.07 Å². The molecule has 0 unspecified atom stereocenters. The summed E-state index contributed by atoms with van der Waals surface area (Å²) in [5.74, 6) is 0.800. The number of benzene rings is 2. The summed E-state index contributed by atoms with van der Waals surface area (Å²) in [4.78, 5) is 2.22. The zero-order valence-electron chi connectivity index (χ0n) is 12.6. The van der Waals surface area contributed by atoms with Gasteiger partial charge in [-0.15, -0.1) is 0 Å². The Morgan fingerprint density at radius 2 is 1.65 bits per heavy atom. The third-order valence-electron chi connectivity index (χ3n) is 3.29. The summed E-state index contributed by atoms with van der Waals surface area (Å²) in [5.41, 5.74) is 11.5. The molecule has 0 bridgehead atoms. The highest BCUT2D eigenvalue weighted by Gasteiger charge is 2.06. The number of nitrogens with two attached hydrogens (primary N) is 1. The van der Waals surface area contributed by atoms with Crippen LogP contribution in [-0.2, 0) is 6.54 Å². The third kappa shape index (κ3) is 3.44. The van der Waals surface area contributed by atoms with Gasteiger partial charge in [-0.2, -0.15) is 0 Å². The predicted octanol–water partition coefficient (Wildman–Crippen LogP) is 3.53. The van der Waals surface area contributed by atoms with Gasteiger partial charge in [-0.05, 0) is 54.8 Å². The fourth-order valence-corrected chi connectivity index (χ4v) is 2.43. The van der Waals surface area contributed by atoms with E-state index in [0.717, 1.165) is 23.5 Å². The normalized spacial score (nSPS) is 10.4. The van der Waals surface area contributed by atoms with Crippen LogP contribution in [0.1, 0.15) is 16.7 Å². The van der Waals surface area contributed by atoms with E-state index < -0.39 is 0 Å². The average Bonchev–Trinajstić information content (AvgIpc) is 2.36. The minimum Gasteiger partial charge on any atom is -0.497 e. The number of aryl methyl sites for hydroxylation is 2. The second-order valence-electron chi connectivity index (χ2n) is 5.32. The largest absolute Gasteiger partial charge is 0.497 e. The average molecular weight is 270 g/mol. The molecule has 0 aliphatic heterocycles. The fraction of sp³-hybridized carbons (Fsp3) is 0.294. The highest BCUT2D eigenvalue weighted by atomic mass is 16.5. The van der Waals surface area contributed by atoms with Crippen molar-refractivity contribution in [2.24, 2.45) is 0 Å². The number of methoxy groups -OCH3 is 1. The molecular formula is C17H22N2O. The Kier molecular flexibility index (Phi) is 4.18. The Bertz CT molecular complexity index is 588. The van der Waals surface area contributed by atoms with Crippen LogP contribution in [0.5, 0.6) is 5.75 Å². The first-order valence-electron chi connectivity index (χ1n) is 6.71. The number of ether oxygens (including phenoxy) is 1. The van der Waals surface area contributed by atoms with Crippen LogP contribution >= 0.6 is 0 Å². The molecule has 2 aromatic rings. The summed E-state index contributed by atoms with van der Waals surface area (Å²) in [5, 5.41) is 0. The summed E-state index contributed by atoms with van der Waals surface area (Å²) in [6.45, 7) is 5.03. The van der Waals surface area contributed by atoms with Gasteiger partial charge in [-0.3, -0.25) is 0 Å². The van der Waals surface area contributed by atoms with E-state index >= 15 is 0 Å². The number of nitrogen functional groups attached to an aromatic ring is 1. The lowest BCUT2D eigenvalue weighted by molar-refractivity contribution is 0.414. The maximum Gasteiger partial charge on any atom is 0.121 e. The Morgan fingerprint density at radius 3 is 2.25 bits per heavy atom. The Hall–Kier alpha value is -2.16. The van der Waals surface area contributed by atoms with Crippen molar-refractivity contribution in [2.45, 2.75) is 20.4 Å². The molecular weight excluding hydrogens is 248 g/mol. The van der Waals surface area contributed by atoms with Gasteiger partial charge in [0.05, 0.1) is 7.11 Å². The van der Waals surface area contributed by atoms with Crippen molar-refractivity contribution in [1.82, 2.24) is 0 Å². The Labute approximate surface area is 121 Å². The van der Waals surface area contributed by atoms with Crippen molar-refractivity contribution in [3.8, 4) is 5.75 Å². The van der Waals surface area contributed by atoms with Gasteiger partial charge >= 0.3 is 0 Å². The van der Waals surface area contributed by atoms with Crippen LogP contribution in [0, 0.1) is 13.8 Å². The molecule has 106 valence electrons. The molecule has 20 heavy (non-hydrogen) atoms. The molecule has 0 radical (unpaired) electrons. The summed E-state index contributed by atoms with van der Waals surface area (Å²) in [7, 11) is 3.75. The lowest BCUT2D eigenvalue weighted by atomic mass is 10.1. The number of hydrogen-bond donors (Lipinski definition) is 1. The molecule has 0 aromatic heterocycles. The zero-order chi connectivity index (χ0) is 14.7. The van der Waals surface area contributed by atoms with Crippen molar-refractivity contribution in [1.29, 1.82) is 0 Å². The van der Waals surface area contributed by atoms with Crippen LogP contribution < -0.4 is 15.4 Å². The van der Waals surface area contributed by atoms with Crippen LogP contribution in [-0.4, -0.2) is 14.2 Å². The van der Waals surface area contributed by atoms with Crippen molar-refractivity contribution in [3.05, 3.63) is 53.1 Å². The minimum atomic E-state index is 0.730. The molecule has 2 aromatic carbocycles. The van der Waals surface area contributed by atoms with Crippen LogP contribution in [0.2, 0.25) is 0 Å². The molecule has 3 nitrogen and oxygen atoms in total. The topological polar surface area (TPSA) is 38.5 Å². The van der Waals surface area contributed by atoms with Crippen molar-refractivity contribution in [2.75, 3.05) is 24.8 Å². The second kappa shape index (κ2) is 5.87. The van der Waals surface area contributed by atoms with Crippen molar-refractivity contribution in [3.63, 3.8) is 0 Å². The molecule has 0 aliphatic carbocycles. The molecule has 0 atom stereocenters. The number of nitrogens with zero attached hydrogens (tertiary/aromatic N) is 1. The van der Waals surface area contributed by atoms with Gasteiger partial charge in [0.1, 0.15) is 5.75 Å². The van der Waals surface area contributed by atoms with Crippen LogP contribution in [0.15, 0.2) is 36.4 Å². The lowest BCUT2D eigenvalue weighted by Crippen LogP contribution is -2.16.